The fourth-order valence-electron chi connectivity index (χ4n) is 5.02. The number of pyridine rings is 1. The first-order chi connectivity index (χ1) is 16.2. The maximum absolute atomic E-state index is 12.5. The number of ether oxygens (including phenoxy) is 1. The fraction of sp³-hybridized carbons (Fsp3) is 0.444. The predicted molar refractivity (Wildman–Crippen MR) is 132 cm³/mol. The van der Waals surface area contributed by atoms with Crippen LogP contribution in [0, 0.1) is 12.3 Å². The molecule has 4 heterocycles. The van der Waals surface area contributed by atoms with E-state index in [9.17, 15) is 4.79 Å². The van der Waals surface area contributed by atoms with E-state index in [2.05, 4.69) is 32.1 Å². The van der Waals surface area contributed by atoms with E-state index in [0.717, 1.165) is 55.4 Å². The number of hydrogen-bond donors (Lipinski definition) is 0. The number of benzene rings is 1. The van der Waals surface area contributed by atoms with E-state index in [1.165, 1.54) is 12.1 Å². The number of piperidine rings is 1. The molecule has 0 N–H and O–H groups in total. The number of carbonyl (C=O) groups excluding carboxylic acids is 1. The number of anilines is 2. The van der Waals surface area contributed by atoms with Crippen LogP contribution in [-0.4, -0.2) is 47.9 Å². The normalized spacial score (nSPS) is 17.5. The summed E-state index contributed by atoms with van der Waals surface area (Å²) in [6, 6.07) is 13.6. The van der Waals surface area contributed by atoms with Crippen LogP contribution >= 0.6 is 0 Å². The van der Waals surface area contributed by atoms with Crippen molar-refractivity contribution in [1.29, 1.82) is 0 Å². The van der Waals surface area contributed by atoms with Gasteiger partial charge in [0.05, 0.1) is 5.56 Å². The Bertz CT molecular complexity index is 1190. The van der Waals surface area contributed by atoms with Crippen LogP contribution < -0.4 is 9.80 Å². The number of aryl methyl sites for hydroxylation is 1. The lowest BCUT2D eigenvalue weighted by atomic mass is 9.73. The lowest BCUT2D eigenvalue weighted by Crippen LogP contribution is -2.63. The summed E-state index contributed by atoms with van der Waals surface area (Å²) in [5, 5.41) is 4.31. The van der Waals surface area contributed by atoms with Crippen LogP contribution in [0.25, 0.3) is 11.3 Å². The highest BCUT2D eigenvalue weighted by Gasteiger charge is 2.46. The molecule has 2 aliphatic rings. The Hall–Kier alpha value is -3.35. The molecule has 0 saturated carbocycles. The summed E-state index contributed by atoms with van der Waals surface area (Å²) in [5.74, 6) is 0.449. The smallest absolute Gasteiger partial charge is 0.338 e. The minimum Gasteiger partial charge on any atom is -0.456 e. The van der Waals surface area contributed by atoms with Crippen LogP contribution in [0.1, 0.15) is 49.7 Å². The highest BCUT2D eigenvalue weighted by atomic mass is 16.6. The van der Waals surface area contributed by atoms with Crippen LogP contribution in [0.4, 0.5) is 11.6 Å². The van der Waals surface area contributed by atoms with Crippen molar-refractivity contribution in [3.8, 4) is 11.3 Å². The Morgan fingerprint density at radius 1 is 1.09 bits per heavy atom. The molecule has 7 nitrogen and oxygen atoms in total. The summed E-state index contributed by atoms with van der Waals surface area (Å²) >= 11 is 0. The Balaban J connectivity index is 1.27. The summed E-state index contributed by atoms with van der Waals surface area (Å²) in [6.07, 6.45) is 4.24. The Morgan fingerprint density at radius 2 is 1.88 bits per heavy atom. The van der Waals surface area contributed by atoms with Crippen molar-refractivity contribution in [2.45, 2.75) is 46.1 Å². The molecule has 2 aliphatic heterocycles. The van der Waals surface area contributed by atoms with Gasteiger partial charge in [0.2, 0.25) is 5.88 Å². The van der Waals surface area contributed by atoms with Gasteiger partial charge in [-0.25, -0.2) is 4.79 Å². The lowest BCUT2D eigenvalue weighted by molar-refractivity contribution is 0.00695. The highest BCUT2D eigenvalue weighted by Crippen LogP contribution is 2.42. The number of aromatic nitrogens is 2. The third-order valence-corrected chi connectivity index (χ3v) is 6.56. The van der Waals surface area contributed by atoms with Crippen molar-refractivity contribution in [3.63, 3.8) is 0 Å². The first-order valence-corrected chi connectivity index (χ1v) is 11.9. The second-order valence-electron chi connectivity index (χ2n) is 10.7. The van der Waals surface area contributed by atoms with Gasteiger partial charge in [0.25, 0.3) is 0 Å². The van der Waals surface area contributed by atoms with Gasteiger partial charge in [-0.2, -0.15) is 0 Å². The van der Waals surface area contributed by atoms with Crippen molar-refractivity contribution < 1.29 is 14.1 Å². The molecule has 2 fully saturated rings. The second-order valence-corrected chi connectivity index (χ2v) is 10.7. The molecular weight excluding hydrogens is 428 g/mol. The van der Waals surface area contributed by atoms with Gasteiger partial charge in [0, 0.05) is 60.8 Å². The summed E-state index contributed by atoms with van der Waals surface area (Å²) in [5.41, 5.74) is 4.12. The molecule has 7 heteroatoms. The van der Waals surface area contributed by atoms with Crippen LogP contribution in [0.2, 0.25) is 0 Å². The monoisotopic (exact) mass is 460 g/mol. The van der Waals surface area contributed by atoms with Gasteiger partial charge >= 0.3 is 5.97 Å². The third kappa shape index (κ3) is 4.65. The van der Waals surface area contributed by atoms with Crippen molar-refractivity contribution in [3.05, 3.63) is 59.9 Å². The minimum atomic E-state index is -0.536. The van der Waals surface area contributed by atoms with Crippen LogP contribution in [0.5, 0.6) is 0 Å². The van der Waals surface area contributed by atoms with Crippen LogP contribution in [0.3, 0.4) is 0 Å². The molecule has 1 aromatic carbocycles. The van der Waals surface area contributed by atoms with Crippen molar-refractivity contribution in [2.24, 2.45) is 5.41 Å². The van der Waals surface area contributed by atoms with Crippen LogP contribution in [-0.2, 0) is 4.74 Å². The third-order valence-electron chi connectivity index (χ3n) is 6.56. The zero-order chi connectivity index (χ0) is 23.9. The van der Waals surface area contributed by atoms with E-state index in [4.69, 9.17) is 9.26 Å². The molecule has 0 atom stereocenters. The zero-order valence-corrected chi connectivity index (χ0v) is 20.4. The topological polar surface area (TPSA) is 71.7 Å². The number of hydrogen-bond acceptors (Lipinski definition) is 7. The molecule has 0 aliphatic carbocycles. The van der Waals surface area contributed by atoms with Gasteiger partial charge in [-0.1, -0.05) is 17.3 Å². The first kappa shape index (κ1) is 22.4. The zero-order valence-electron chi connectivity index (χ0n) is 20.4. The SMILES string of the molecule is Cc1cc(N2CC3(CCCN(c4cc(-c5cccc(C(=O)OC(C)(C)C)c5)no4)C3)C2)ccn1. The van der Waals surface area contributed by atoms with Gasteiger partial charge in [-0.15, -0.1) is 0 Å². The molecule has 0 bridgehead atoms. The number of carbonyl (C=O) groups is 1. The maximum Gasteiger partial charge on any atom is 0.338 e. The summed E-state index contributed by atoms with van der Waals surface area (Å²) < 4.78 is 11.3. The summed E-state index contributed by atoms with van der Waals surface area (Å²) in [4.78, 5) is 21.5. The second kappa shape index (κ2) is 8.46. The van der Waals surface area contributed by atoms with Crippen molar-refractivity contribution >= 4 is 17.5 Å². The first-order valence-electron chi connectivity index (χ1n) is 11.9. The van der Waals surface area contributed by atoms with Gasteiger partial charge in [0.15, 0.2) is 0 Å². The fourth-order valence-corrected chi connectivity index (χ4v) is 5.02. The molecule has 3 aromatic rings. The molecule has 0 unspecified atom stereocenters. The van der Waals surface area contributed by atoms with Crippen molar-refractivity contribution in [1.82, 2.24) is 10.1 Å². The average molecular weight is 461 g/mol. The Labute approximate surface area is 200 Å². The highest BCUT2D eigenvalue weighted by molar-refractivity contribution is 5.91. The van der Waals surface area contributed by atoms with Gasteiger partial charge in [-0.05, 0) is 64.8 Å². The molecule has 34 heavy (non-hydrogen) atoms. The number of rotatable bonds is 4. The summed E-state index contributed by atoms with van der Waals surface area (Å²) in [7, 11) is 0. The average Bonchev–Trinajstić information content (AvgIpc) is 3.27. The van der Waals surface area contributed by atoms with E-state index in [0.29, 0.717) is 5.56 Å². The Kier molecular flexibility index (Phi) is 5.58. The molecule has 0 amide bonds. The summed E-state index contributed by atoms with van der Waals surface area (Å²) in [6.45, 7) is 11.6. The van der Waals surface area contributed by atoms with Crippen LogP contribution in [0.15, 0.2) is 53.2 Å². The minimum absolute atomic E-state index is 0.277. The van der Waals surface area contributed by atoms with Gasteiger partial charge in [-0.3, -0.25) is 4.98 Å². The number of nitrogens with zero attached hydrogens (tertiary/aromatic N) is 4. The molecular formula is C27H32N4O3. The van der Waals surface area contributed by atoms with Gasteiger partial charge < -0.3 is 19.1 Å². The lowest BCUT2D eigenvalue weighted by Gasteiger charge is -2.55. The van der Waals surface area contributed by atoms with E-state index in [-0.39, 0.29) is 11.4 Å². The Morgan fingerprint density at radius 3 is 2.65 bits per heavy atom. The van der Waals surface area contributed by atoms with Gasteiger partial charge in [0.1, 0.15) is 11.3 Å². The molecule has 0 radical (unpaired) electrons. The largest absolute Gasteiger partial charge is 0.456 e. The maximum atomic E-state index is 12.5. The molecule has 2 saturated heterocycles. The standard InChI is InChI=1S/C27H32N4O3/c1-19-13-22(9-11-28-19)31-17-27(18-31)10-6-12-30(16-27)24-15-23(29-34-24)20-7-5-8-21(14-20)25(32)33-26(2,3)4/h5,7-9,11,13-15H,6,10,12,16-18H2,1-4H3. The molecule has 2 aromatic heterocycles. The molecule has 5 rings (SSSR count). The molecule has 1 spiro atoms. The van der Waals surface area contributed by atoms with E-state index < -0.39 is 5.60 Å². The van der Waals surface area contributed by atoms with Crippen molar-refractivity contribution in [2.75, 3.05) is 36.0 Å². The van der Waals surface area contributed by atoms with E-state index in [1.807, 2.05) is 58.2 Å². The molecule has 178 valence electrons. The van der Waals surface area contributed by atoms with E-state index in [1.54, 1.807) is 6.07 Å². The van der Waals surface area contributed by atoms with E-state index >= 15 is 0 Å². The predicted octanol–water partition coefficient (Wildman–Crippen LogP) is 5.11. The number of esters is 1. The quantitative estimate of drug-likeness (QED) is 0.501.